The van der Waals surface area contributed by atoms with E-state index in [0.717, 1.165) is 47.3 Å². The fourth-order valence-electron chi connectivity index (χ4n) is 3.70. The van der Waals surface area contributed by atoms with Gasteiger partial charge in [-0.15, -0.1) is 11.3 Å². The van der Waals surface area contributed by atoms with Crippen LogP contribution in [0.25, 0.3) is 0 Å². The Bertz CT molecular complexity index is 1180. The third-order valence-electron chi connectivity index (χ3n) is 5.23. The van der Waals surface area contributed by atoms with Gasteiger partial charge in [0.15, 0.2) is 0 Å². The number of nitrogens with one attached hydrogen (secondary N) is 1. The van der Waals surface area contributed by atoms with E-state index in [1.807, 2.05) is 26.0 Å². The molecule has 0 aliphatic heterocycles. The number of carbonyl (C=O) groups excluding carboxylic acids is 1. The highest BCUT2D eigenvalue weighted by Gasteiger charge is 2.31. The normalized spacial score (nSPS) is 13.7. The van der Waals surface area contributed by atoms with Gasteiger partial charge in [-0.3, -0.25) is 4.79 Å². The summed E-state index contributed by atoms with van der Waals surface area (Å²) in [6, 6.07) is 14.2. The van der Waals surface area contributed by atoms with Crippen molar-refractivity contribution < 1.29 is 13.2 Å². The highest BCUT2D eigenvalue weighted by molar-refractivity contribution is 7.92. The molecule has 1 aliphatic rings. The van der Waals surface area contributed by atoms with Gasteiger partial charge in [-0.1, -0.05) is 35.4 Å². The molecule has 2 aromatic carbocycles. The fraction of sp³-hybridized carbons (Fsp3) is 0.261. The highest BCUT2D eigenvalue weighted by atomic mass is 32.2. The quantitative estimate of drug-likeness (QED) is 0.615. The molecule has 0 radical (unpaired) electrons. The molecule has 0 fully saturated rings. The number of thiophene rings is 1. The molecule has 0 unspecified atom stereocenters. The average Bonchev–Trinajstić information content (AvgIpc) is 3.07. The van der Waals surface area contributed by atoms with Crippen LogP contribution in [0.2, 0.25) is 0 Å². The van der Waals surface area contributed by atoms with Crippen LogP contribution in [0.4, 0.5) is 5.00 Å². The zero-order valence-corrected chi connectivity index (χ0v) is 18.1. The molecule has 3 aromatic rings. The maximum atomic E-state index is 13.5. The van der Waals surface area contributed by atoms with Crippen molar-refractivity contribution in [1.29, 1.82) is 0 Å². The van der Waals surface area contributed by atoms with Crippen LogP contribution in [0.1, 0.15) is 44.8 Å². The van der Waals surface area contributed by atoms with Crippen molar-refractivity contribution in [2.75, 3.05) is 5.32 Å². The first-order valence-corrected chi connectivity index (χ1v) is 12.0. The van der Waals surface area contributed by atoms with Crippen LogP contribution >= 0.6 is 11.3 Å². The van der Waals surface area contributed by atoms with Crippen molar-refractivity contribution in [3.05, 3.63) is 75.7 Å². The predicted octanol–water partition coefficient (Wildman–Crippen LogP) is 5.33. The minimum absolute atomic E-state index is 0.264. The topological polar surface area (TPSA) is 63.2 Å². The van der Waals surface area contributed by atoms with Crippen molar-refractivity contribution in [1.82, 2.24) is 0 Å². The molecule has 4 rings (SSSR count). The monoisotopic (exact) mass is 425 g/mol. The summed E-state index contributed by atoms with van der Waals surface area (Å²) in [6.07, 6.45) is 3.59. The number of hydrogen-bond donors (Lipinski definition) is 1. The Morgan fingerprint density at radius 1 is 0.966 bits per heavy atom. The summed E-state index contributed by atoms with van der Waals surface area (Å²) in [4.78, 5) is 14.5. The molecular weight excluding hydrogens is 402 g/mol. The van der Waals surface area contributed by atoms with Crippen LogP contribution in [0.15, 0.2) is 58.3 Å². The molecule has 1 aromatic heterocycles. The lowest BCUT2D eigenvalue weighted by Crippen LogP contribution is -2.14. The van der Waals surface area contributed by atoms with Gasteiger partial charge >= 0.3 is 0 Å². The molecule has 0 spiro atoms. The number of sulfone groups is 1. The van der Waals surface area contributed by atoms with Crippen molar-refractivity contribution in [3.8, 4) is 0 Å². The minimum Gasteiger partial charge on any atom is -0.312 e. The third kappa shape index (κ3) is 3.87. The zero-order chi connectivity index (χ0) is 20.6. The maximum absolute atomic E-state index is 13.5. The van der Waals surface area contributed by atoms with E-state index in [9.17, 15) is 13.2 Å². The molecule has 29 heavy (non-hydrogen) atoms. The van der Waals surface area contributed by atoms with Crippen molar-refractivity contribution in [2.45, 2.75) is 49.3 Å². The molecule has 0 saturated heterocycles. The summed E-state index contributed by atoms with van der Waals surface area (Å²) < 4.78 is 27.1. The van der Waals surface area contributed by atoms with Crippen LogP contribution in [0, 0.1) is 13.8 Å². The van der Waals surface area contributed by atoms with E-state index in [-0.39, 0.29) is 15.7 Å². The van der Waals surface area contributed by atoms with E-state index in [1.54, 1.807) is 36.4 Å². The second kappa shape index (κ2) is 7.76. The average molecular weight is 426 g/mol. The van der Waals surface area contributed by atoms with E-state index in [4.69, 9.17) is 0 Å². The molecule has 0 bridgehead atoms. The van der Waals surface area contributed by atoms with Crippen LogP contribution in [0.3, 0.4) is 0 Å². The number of rotatable bonds is 4. The number of carbonyl (C=O) groups is 1. The largest absolute Gasteiger partial charge is 0.312 e. The van der Waals surface area contributed by atoms with Crippen LogP contribution in [0.5, 0.6) is 0 Å². The van der Waals surface area contributed by atoms with Crippen LogP contribution in [-0.2, 0) is 22.7 Å². The van der Waals surface area contributed by atoms with Crippen LogP contribution < -0.4 is 5.32 Å². The zero-order valence-electron chi connectivity index (χ0n) is 16.5. The number of hydrogen-bond acceptors (Lipinski definition) is 4. The first-order chi connectivity index (χ1) is 13.9. The molecule has 0 atom stereocenters. The molecule has 1 N–H and O–H groups in total. The van der Waals surface area contributed by atoms with Gasteiger partial charge in [0.05, 0.1) is 4.90 Å². The van der Waals surface area contributed by atoms with Gasteiger partial charge < -0.3 is 5.32 Å². The lowest BCUT2D eigenvalue weighted by atomic mass is 9.99. The van der Waals surface area contributed by atoms with Crippen molar-refractivity contribution >= 4 is 32.1 Å². The van der Waals surface area contributed by atoms with Gasteiger partial charge in [-0.2, -0.15) is 0 Å². The van der Waals surface area contributed by atoms with Gasteiger partial charge in [0.1, 0.15) is 9.90 Å². The highest BCUT2D eigenvalue weighted by Crippen LogP contribution is 2.43. The van der Waals surface area contributed by atoms with Gasteiger partial charge in [0.25, 0.3) is 5.91 Å². The van der Waals surface area contributed by atoms with Crippen LogP contribution in [-0.4, -0.2) is 14.3 Å². The minimum atomic E-state index is -3.72. The first-order valence-electron chi connectivity index (χ1n) is 9.70. The van der Waals surface area contributed by atoms with Gasteiger partial charge in [0, 0.05) is 10.4 Å². The molecule has 4 nitrogen and oxygen atoms in total. The summed E-state index contributed by atoms with van der Waals surface area (Å²) in [5.41, 5.74) is 3.39. The number of benzene rings is 2. The lowest BCUT2D eigenvalue weighted by molar-refractivity contribution is 0.102. The number of anilines is 1. The van der Waals surface area contributed by atoms with E-state index < -0.39 is 9.84 Å². The van der Waals surface area contributed by atoms with E-state index in [2.05, 4.69) is 5.32 Å². The number of amides is 1. The first kappa shape index (κ1) is 19.9. The van der Waals surface area contributed by atoms with E-state index >= 15 is 0 Å². The summed E-state index contributed by atoms with van der Waals surface area (Å²) in [6.45, 7) is 3.85. The smallest absolute Gasteiger partial charge is 0.256 e. The molecule has 150 valence electrons. The molecule has 0 saturated carbocycles. The van der Waals surface area contributed by atoms with E-state index in [1.165, 1.54) is 11.3 Å². The Kier molecular flexibility index (Phi) is 5.32. The Labute approximate surface area is 175 Å². The van der Waals surface area contributed by atoms with E-state index in [0.29, 0.717) is 10.6 Å². The molecule has 1 aliphatic carbocycles. The Balaban J connectivity index is 1.80. The molecule has 1 heterocycles. The van der Waals surface area contributed by atoms with Crippen molar-refractivity contribution in [2.24, 2.45) is 0 Å². The molecule has 1 amide bonds. The molecule has 6 heteroatoms. The third-order valence-corrected chi connectivity index (χ3v) is 8.45. The number of aryl methyl sites for hydroxylation is 3. The maximum Gasteiger partial charge on any atom is 0.256 e. The Morgan fingerprint density at radius 2 is 1.69 bits per heavy atom. The number of fused-ring (bicyclic) bond motifs is 1. The van der Waals surface area contributed by atoms with Gasteiger partial charge in [-0.25, -0.2) is 8.42 Å². The summed E-state index contributed by atoms with van der Waals surface area (Å²) >= 11 is 1.40. The Hall–Kier alpha value is -2.44. The summed E-state index contributed by atoms with van der Waals surface area (Å²) in [7, 11) is -3.72. The summed E-state index contributed by atoms with van der Waals surface area (Å²) in [5.74, 6) is -0.285. The second-order valence-corrected chi connectivity index (χ2v) is 10.5. The second-order valence-electron chi connectivity index (χ2n) is 7.51. The predicted molar refractivity (Wildman–Crippen MR) is 117 cm³/mol. The summed E-state index contributed by atoms with van der Waals surface area (Å²) in [5, 5.41) is 3.33. The SMILES string of the molecule is Cc1ccc(S(=O)(=O)c2c(NC(=O)c3cccc(C)c3)sc3c2CCCC3)cc1. The standard InChI is InChI=1S/C23H23NO3S2/c1-15-10-12-18(13-11-15)29(26,27)21-19-8-3-4-9-20(19)28-23(21)24-22(25)17-7-5-6-16(2)14-17/h5-7,10-14H,3-4,8-9H2,1-2H3,(H,24,25). The van der Waals surface area contributed by atoms with Gasteiger partial charge in [-0.05, 0) is 69.4 Å². The Morgan fingerprint density at radius 3 is 2.41 bits per heavy atom. The lowest BCUT2D eigenvalue weighted by Gasteiger charge is -2.14. The van der Waals surface area contributed by atoms with Crippen molar-refractivity contribution in [3.63, 3.8) is 0 Å². The van der Waals surface area contributed by atoms with Gasteiger partial charge in [0.2, 0.25) is 9.84 Å². The fourth-order valence-corrected chi connectivity index (χ4v) is 6.97. The molecular formula is C23H23NO3S2.